The zero-order chi connectivity index (χ0) is 59.2. The Bertz CT molecular complexity index is 1590. The third-order valence-electron chi connectivity index (χ3n) is 15.3. The number of hydrogen-bond acceptors (Lipinski definition) is 6. The molecule has 0 aliphatic carbocycles. The first kappa shape index (κ1) is 78.3. The summed E-state index contributed by atoms with van der Waals surface area (Å²) in [5, 5.41) is 0. The molecule has 0 bridgehead atoms. The Balaban J connectivity index is 4.12. The van der Waals surface area contributed by atoms with Crippen molar-refractivity contribution in [1.82, 2.24) is 0 Å². The standard InChI is InChI=1S/C76H132O6/c1-4-7-10-13-16-19-21-23-25-27-29-31-33-35-36-37-38-39-40-42-43-45-47-49-51-53-55-57-60-63-66-69-75(78)81-72-73(71-80-74(77)68-65-62-59-18-15-12-9-6-3)82-76(79)70-67-64-61-58-56-54-52-50-48-46-44-41-34-32-30-28-26-24-22-20-17-14-11-8-5-2/h8,11,17,20-21,23-24,26-27,29-30,32,41,44,48,50,73H,4-7,9-10,12-16,18-19,22,25,28,31,33-40,42-43,45-47,49,51-72H2,1-3H3/b11-8-,20-17-,23-21-,26-24-,29-27-,32-30-,44-41-,50-48-. The van der Waals surface area contributed by atoms with Crippen LogP contribution in [0.25, 0.3) is 0 Å². The Labute approximate surface area is 508 Å². The second kappa shape index (κ2) is 69.8. The summed E-state index contributed by atoms with van der Waals surface area (Å²) in [6, 6.07) is 0. The molecule has 0 saturated carbocycles. The molecule has 82 heavy (non-hydrogen) atoms. The predicted octanol–water partition coefficient (Wildman–Crippen LogP) is 24.4. The monoisotopic (exact) mass is 1140 g/mol. The number of ether oxygens (including phenoxy) is 3. The van der Waals surface area contributed by atoms with Crippen LogP contribution >= 0.6 is 0 Å². The van der Waals surface area contributed by atoms with Gasteiger partial charge in [-0.2, -0.15) is 0 Å². The van der Waals surface area contributed by atoms with E-state index in [2.05, 4.69) is 118 Å². The van der Waals surface area contributed by atoms with Crippen LogP contribution in [-0.2, 0) is 28.6 Å². The third kappa shape index (κ3) is 67.1. The van der Waals surface area contributed by atoms with Crippen molar-refractivity contribution >= 4 is 17.9 Å². The molecule has 0 spiro atoms. The Hall–Kier alpha value is -3.67. The van der Waals surface area contributed by atoms with Crippen LogP contribution in [0.3, 0.4) is 0 Å². The van der Waals surface area contributed by atoms with Crippen molar-refractivity contribution in [3.8, 4) is 0 Å². The van der Waals surface area contributed by atoms with Crippen molar-refractivity contribution in [1.29, 1.82) is 0 Å². The number of esters is 3. The van der Waals surface area contributed by atoms with E-state index in [9.17, 15) is 14.4 Å². The Morgan fingerprint density at radius 3 is 0.744 bits per heavy atom. The second-order valence-electron chi connectivity index (χ2n) is 23.4. The summed E-state index contributed by atoms with van der Waals surface area (Å²) in [5.41, 5.74) is 0. The van der Waals surface area contributed by atoms with Crippen molar-refractivity contribution < 1.29 is 28.6 Å². The minimum Gasteiger partial charge on any atom is -0.462 e. The molecule has 6 nitrogen and oxygen atoms in total. The van der Waals surface area contributed by atoms with Crippen LogP contribution in [0.15, 0.2) is 97.2 Å². The third-order valence-corrected chi connectivity index (χ3v) is 15.3. The van der Waals surface area contributed by atoms with Crippen LogP contribution in [0, 0.1) is 0 Å². The van der Waals surface area contributed by atoms with Crippen LogP contribution in [0.1, 0.15) is 348 Å². The molecule has 472 valence electrons. The first-order valence-corrected chi connectivity index (χ1v) is 35.2. The number of unbranched alkanes of at least 4 members (excludes halogenated alkanes) is 37. The molecule has 0 aromatic carbocycles. The lowest BCUT2D eigenvalue weighted by Gasteiger charge is -2.18. The highest BCUT2D eigenvalue weighted by Crippen LogP contribution is 2.17. The number of rotatable bonds is 64. The van der Waals surface area contributed by atoms with E-state index in [1.807, 2.05) is 0 Å². The van der Waals surface area contributed by atoms with E-state index in [0.717, 1.165) is 116 Å². The fraction of sp³-hybridized carbons (Fsp3) is 0.750. The number of hydrogen-bond donors (Lipinski definition) is 0. The van der Waals surface area contributed by atoms with Crippen LogP contribution in [0.5, 0.6) is 0 Å². The summed E-state index contributed by atoms with van der Waals surface area (Å²) in [5.74, 6) is -0.885. The van der Waals surface area contributed by atoms with Gasteiger partial charge in [0.2, 0.25) is 0 Å². The van der Waals surface area contributed by atoms with E-state index in [0.29, 0.717) is 19.3 Å². The van der Waals surface area contributed by atoms with Gasteiger partial charge < -0.3 is 14.2 Å². The molecule has 1 unspecified atom stereocenters. The van der Waals surface area contributed by atoms with E-state index in [1.54, 1.807) is 0 Å². The van der Waals surface area contributed by atoms with Gasteiger partial charge in [0.1, 0.15) is 13.2 Å². The van der Waals surface area contributed by atoms with Crippen molar-refractivity contribution in [3.05, 3.63) is 97.2 Å². The van der Waals surface area contributed by atoms with Crippen molar-refractivity contribution in [2.45, 2.75) is 354 Å². The highest BCUT2D eigenvalue weighted by atomic mass is 16.6. The molecule has 0 saturated heterocycles. The maximum absolute atomic E-state index is 12.9. The fourth-order valence-electron chi connectivity index (χ4n) is 10.1. The summed E-state index contributed by atoms with van der Waals surface area (Å²) in [7, 11) is 0. The van der Waals surface area contributed by atoms with Gasteiger partial charge in [0.25, 0.3) is 0 Å². The summed E-state index contributed by atoms with van der Waals surface area (Å²) >= 11 is 0. The molecule has 0 heterocycles. The average molecular weight is 1140 g/mol. The van der Waals surface area contributed by atoms with Crippen molar-refractivity contribution in [3.63, 3.8) is 0 Å². The molecule has 1 atom stereocenters. The molecule has 6 heteroatoms. The van der Waals surface area contributed by atoms with E-state index >= 15 is 0 Å². The molecule has 0 aromatic rings. The highest BCUT2D eigenvalue weighted by Gasteiger charge is 2.19. The maximum atomic E-state index is 12.9. The van der Waals surface area contributed by atoms with Gasteiger partial charge in [-0.1, -0.05) is 323 Å². The first-order valence-electron chi connectivity index (χ1n) is 35.2. The molecule has 0 aliphatic rings. The minimum absolute atomic E-state index is 0.0802. The van der Waals surface area contributed by atoms with E-state index in [-0.39, 0.29) is 31.1 Å². The van der Waals surface area contributed by atoms with Crippen molar-refractivity contribution in [2.75, 3.05) is 13.2 Å². The average Bonchev–Trinajstić information content (AvgIpc) is 3.48. The first-order chi connectivity index (χ1) is 40.5. The molecular weight excluding hydrogens is 1010 g/mol. The highest BCUT2D eigenvalue weighted by molar-refractivity contribution is 5.71. The Morgan fingerprint density at radius 2 is 0.476 bits per heavy atom. The van der Waals surface area contributed by atoms with Gasteiger partial charge in [-0.05, 0) is 103 Å². The van der Waals surface area contributed by atoms with Gasteiger partial charge in [0, 0.05) is 19.3 Å². The molecule has 0 N–H and O–H groups in total. The zero-order valence-electron chi connectivity index (χ0n) is 54.2. The summed E-state index contributed by atoms with van der Waals surface area (Å²) in [6.45, 7) is 6.51. The SMILES string of the molecule is CC/C=C\C/C=C\C/C=C\C/C=C\C/C=C\C/C=C\CCCCCCCCC(=O)OC(COC(=O)CCCCCCCCCC)COC(=O)CCCCCCCCCCCCCCCCCCCCC/C=C\C/C=C\CCCCCCC. The molecular formula is C76H132O6. The van der Waals surface area contributed by atoms with E-state index in [1.165, 1.54) is 193 Å². The van der Waals surface area contributed by atoms with Gasteiger partial charge in [-0.3, -0.25) is 14.4 Å². The van der Waals surface area contributed by atoms with Gasteiger partial charge in [0.05, 0.1) is 0 Å². The van der Waals surface area contributed by atoms with Crippen LogP contribution in [0.4, 0.5) is 0 Å². The number of allylic oxidation sites excluding steroid dienone is 16. The summed E-state index contributed by atoms with van der Waals surface area (Å²) < 4.78 is 16.9. The van der Waals surface area contributed by atoms with Crippen molar-refractivity contribution in [2.24, 2.45) is 0 Å². The number of carbonyl (C=O) groups is 3. The quantitative estimate of drug-likeness (QED) is 0.0261. The van der Waals surface area contributed by atoms with Gasteiger partial charge in [-0.15, -0.1) is 0 Å². The zero-order valence-corrected chi connectivity index (χ0v) is 54.2. The fourth-order valence-corrected chi connectivity index (χ4v) is 10.1. The molecule has 0 radical (unpaired) electrons. The largest absolute Gasteiger partial charge is 0.462 e. The Kier molecular flexibility index (Phi) is 66.7. The predicted molar refractivity (Wildman–Crippen MR) is 357 cm³/mol. The topological polar surface area (TPSA) is 78.9 Å². The lowest BCUT2D eigenvalue weighted by molar-refractivity contribution is -0.167. The molecule has 0 rings (SSSR count). The molecule has 0 fully saturated rings. The molecule has 0 aliphatic heterocycles. The van der Waals surface area contributed by atoms with Crippen LogP contribution in [-0.4, -0.2) is 37.2 Å². The molecule has 0 aromatic heterocycles. The Morgan fingerprint density at radius 1 is 0.256 bits per heavy atom. The second-order valence-corrected chi connectivity index (χ2v) is 23.4. The van der Waals surface area contributed by atoms with Crippen LogP contribution in [0.2, 0.25) is 0 Å². The smallest absolute Gasteiger partial charge is 0.306 e. The lowest BCUT2D eigenvalue weighted by Crippen LogP contribution is -2.30. The van der Waals surface area contributed by atoms with Gasteiger partial charge in [0.15, 0.2) is 6.10 Å². The molecule has 0 amide bonds. The van der Waals surface area contributed by atoms with E-state index in [4.69, 9.17) is 14.2 Å². The van der Waals surface area contributed by atoms with Crippen LogP contribution < -0.4 is 0 Å². The lowest BCUT2D eigenvalue weighted by atomic mass is 10.0. The normalized spacial score (nSPS) is 12.7. The number of carbonyl (C=O) groups excluding carboxylic acids is 3. The summed E-state index contributed by atoms with van der Waals surface area (Å²) in [4.78, 5) is 38.2. The maximum Gasteiger partial charge on any atom is 0.306 e. The summed E-state index contributed by atoms with van der Waals surface area (Å²) in [6.07, 6.45) is 94.6. The van der Waals surface area contributed by atoms with Gasteiger partial charge >= 0.3 is 17.9 Å². The van der Waals surface area contributed by atoms with E-state index < -0.39 is 6.10 Å². The van der Waals surface area contributed by atoms with Gasteiger partial charge in [-0.25, -0.2) is 0 Å². The minimum atomic E-state index is -0.784.